The van der Waals surface area contributed by atoms with Crippen molar-refractivity contribution in [1.29, 1.82) is 0 Å². The van der Waals surface area contributed by atoms with Crippen molar-refractivity contribution in [1.82, 2.24) is 15.1 Å². The Morgan fingerprint density at radius 3 is 2.95 bits per heavy atom. The van der Waals surface area contributed by atoms with E-state index in [2.05, 4.69) is 34.7 Å². The van der Waals surface area contributed by atoms with Crippen molar-refractivity contribution in [3.8, 4) is 5.69 Å². The molecule has 0 radical (unpaired) electrons. The highest BCUT2D eigenvalue weighted by Gasteiger charge is 2.23. The Labute approximate surface area is 125 Å². The summed E-state index contributed by atoms with van der Waals surface area (Å²) in [7, 11) is 0. The zero-order valence-electron chi connectivity index (χ0n) is 12.3. The minimum atomic E-state index is 0.297. The molecule has 0 saturated heterocycles. The smallest absolute Gasteiger partial charge is 0.0648 e. The summed E-state index contributed by atoms with van der Waals surface area (Å²) in [5.41, 5.74) is 2.34. The Morgan fingerprint density at radius 2 is 2.14 bits per heavy atom. The molecule has 1 heterocycles. The van der Waals surface area contributed by atoms with Gasteiger partial charge in [0, 0.05) is 31.6 Å². The maximum absolute atomic E-state index is 9.48. The van der Waals surface area contributed by atoms with Crippen LogP contribution in [0.3, 0.4) is 0 Å². The van der Waals surface area contributed by atoms with Gasteiger partial charge in [0.05, 0.1) is 5.69 Å². The number of nitrogens with one attached hydrogen (secondary N) is 1. The van der Waals surface area contributed by atoms with Crippen LogP contribution in [0.1, 0.15) is 31.2 Å². The van der Waals surface area contributed by atoms with Gasteiger partial charge in [0.15, 0.2) is 0 Å². The van der Waals surface area contributed by atoms with E-state index in [1.807, 2.05) is 16.9 Å². The van der Waals surface area contributed by atoms with E-state index in [0.717, 1.165) is 18.7 Å². The summed E-state index contributed by atoms with van der Waals surface area (Å²) in [4.78, 5) is 0. The van der Waals surface area contributed by atoms with Crippen molar-refractivity contribution in [2.75, 3.05) is 6.61 Å². The molecule has 1 saturated carbocycles. The highest BCUT2D eigenvalue weighted by atomic mass is 16.3. The number of benzene rings is 1. The van der Waals surface area contributed by atoms with Gasteiger partial charge in [0.1, 0.15) is 0 Å². The minimum absolute atomic E-state index is 0.297. The number of hydrogen-bond donors (Lipinski definition) is 2. The first kappa shape index (κ1) is 14.3. The van der Waals surface area contributed by atoms with E-state index in [0.29, 0.717) is 18.6 Å². The predicted molar refractivity (Wildman–Crippen MR) is 83.2 cm³/mol. The second-order valence-corrected chi connectivity index (χ2v) is 5.84. The van der Waals surface area contributed by atoms with Gasteiger partial charge in [-0.2, -0.15) is 5.10 Å². The summed E-state index contributed by atoms with van der Waals surface area (Å²) in [6.07, 6.45) is 8.57. The van der Waals surface area contributed by atoms with E-state index in [-0.39, 0.29) is 0 Å². The van der Waals surface area contributed by atoms with Gasteiger partial charge in [0.25, 0.3) is 0 Å². The molecular weight excluding hydrogens is 262 g/mol. The van der Waals surface area contributed by atoms with E-state index >= 15 is 0 Å². The standard InChI is InChI=1S/C17H23N3O/c21-13-15-6-1-2-8-17(15)18-12-14-5-3-7-16(11-14)20-10-4-9-19-20/h3-5,7,9-11,15,17-18,21H,1-2,6,8,12-13H2. The maximum Gasteiger partial charge on any atom is 0.0648 e. The Bertz CT molecular complexity index is 553. The average molecular weight is 285 g/mol. The molecule has 0 spiro atoms. The van der Waals surface area contributed by atoms with Gasteiger partial charge in [-0.15, -0.1) is 0 Å². The number of rotatable bonds is 5. The second-order valence-electron chi connectivity index (χ2n) is 5.84. The van der Waals surface area contributed by atoms with Crippen molar-refractivity contribution in [3.63, 3.8) is 0 Å². The van der Waals surface area contributed by atoms with Crippen LogP contribution >= 0.6 is 0 Å². The summed E-state index contributed by atoms with van der Waals surface area (Å²) in [5.74, 6) is 0.410. The first-order valence-electron chi connectivity index (χ1n) is 7.80. The number of aliphatic hydroxyl groups is 1. The van der Waals surface area contributed by atoms with Gasteiger partial charge in [-0.25, -0.2) is 4.68 Å². The molecule has 0 bridgehead atoms. The number of aliphatic hydroxyl groups excluding tert-OH is 1. The Kier molecular flexibility index (Phi) is 4.68. The molecule has 1 aromatic heterocycles. The van der Waals surface area contributed by atoms with Crippen molar-refractivity contribution < 1.29 is 5.11 Å². The van der Waals surface area contributed by atoms with E-state index in [4.69, 9.17) is 0 Å². The van der Waals surface area contributed by atoms with Gasteiger partial charge < -0.3 is 10.4 Å². The van der Waals surface area contributed by atoms with E-state index < -0.39 is 0 Å². The number of nitrogens with zero attached hydrogens (tertiary/aromatic N) is 2. The molecule has 1 aromatic carbocycles. The van der Waals surface area contributed by atoms with Gasteiger partial charge in [0.2, 0.25) is 0 Å². The molecule has 1 aliphatic rings. The lowest BCUT2D eigenvalue weighted by Crippen LogP contribution is -2.39. The zero-order chi connectivity index (χ0) is 14.5. The SMILES string of the molecule is OCC1CCCCC1NCc1cccc(-n2cccn2)c1. The zero-order valence-corrected chi connectivity index (χ0v) is 12.3. The van der Waals surface area contributed by atoms with Crippen LogP contribution < -0.4 is 5.32 Å². The molecule has 0 aliphatic heterocycles. The molecule has 2 aromatic rings. The lowest BCUT2D eigenvalue weighted by Gasteiger charge is -2.31. The molecule has 1 fully saturated rings. The molecular formula is C17H23N3O. The lowest BCUT2D eigenvalue weighted by atomic mass is 9.85. The molecule has 4 heteroatoms. The molecule has 0 amide bonds. The minimum Gasteiger partial charge on any atom is -0.396 e. The van der Waals surface area contributed by atoms with Crippen LogP contribution in [0, 0.1) is 5.92 Å². The van der Waals surface area contributed by atoms with E-state index in [1.165, 1.54) is 24.8 Å². The van der Waals surface area contributed by atoms with Crippen LogP contribution in [0.25, 0.3) is 5.69 Å². The first-order chi connectivity index (χ1) is 10.4. The summed E-state index contributed by atoms with van der Waals surface area (Å²) < 4.78 is 1.88. The molecule has 2 atom stereocenters. The predicted octanol–water partition coefficient (Wildman–Crippen LogP) is 2.51. The summed E-state index contributed by atoms with van der Waals surface area (Å²) in [6, 6.07) is 10.8. The van der Waals surface area contributed by atoms with Gasteiger partial charge >= 0.3 is 0 Å². The fourth-order valence-corrected chi connectivity index (χ4v) is 3.17. The van der Waals surface area contributed by atoms with Crippen molar-refractivity contribution >= 4 is 0 Å². The third-order valence-electron chi connectivity index (χ3n) is 4.39. The van der Waals surface area contributed by atoms with Gasteiger partial charge in [-0.1, -0.05) is 25.0 Å². The molecule has 2 unspecified atom stereocenters. The van der Waals surface area contributed by atoms with Crippen molar-refractivity contribution in [2.24, 2.45) is 5.92 Å². The van der Waals surface area contributed by atoms with Crippen LogP contribution in [0.4, 0.5) is 0 Å². The van der Waals surface area contributed by atoms with Gasteiger partial charge in [-0.3, -0.25) is 0 Å². The molecule has 2 N–H and O–H groups in total. The highest BCUT2D eigenvalue weighted by Crippen LogP contribution is 2.24. The van der Waals surface area contributed by atoms with Crippen LogP contribution in [0.5, 0.6) is 0 Å². The van der Waals surface area contributed by atoms with E-state index in [1.54, 1.807) is 6.20 Å². The third kappa shape index (κ3) is 3.52. The number of aromatic nitrogens is 2. The molecule has 3 rings (SSSR count). The number of hydrogen-bond acceptors (Lipinski definition) is 3. The monoisotopic (exact) mass is 285 g/mol. The first-order valence-corrected chi connectivity index (χ1v) is 7.80. The summed E-state index contributed by atoms with van der Waals surface area (Å²) >= 11 is 0. The molecule has 4 nitrogen and oxygen atoms in total. The van der Waals surface area contributed by atoms with E-state index in [9.17, 15) is 5.11 Å². The van der Waals surface area contributed by atoms with Crippen LogP contribution in [-0.4, -0.2) is 27.5 Å². The van der Waals surface area contributed by atoms with Crippen molar-refractivity contribution in [3.05, 3.63) is 48.3 Å². The summed E-state index contributed by atoms with van der Waals surface area (Å²) in [6.45, 7) is 1.14. The molecule has 1 aliphatic carbocycles. The van der Waals surface area contributed by atoms with Crippen LogP contribution in [0.2, 0.25) is 0 Å². The molecule has 112 valence electrons. The Morgan fingerprint density at radius 1 is 1.24 bits per heavy atom. The third-order valence-corrected chi connectivity index (χ3v) is 4.39. The lowest BCUT2D eigenvalue weighted by molar-refractivity contribution is 0.152. The average Bonchev–Trinajstić information content (AvgIpc) is 3.08. The van der Waals surface area contributed by atoms with Crippen LogP contribution in [-0.2, 0) is 6.54 Å². The summed E-state index contributed by atoms with van der Waals surface area (Å²) in [5, 5.41) is 17.4. The van der Waals surface area contributed by atoms with Crippen LogP contribution in [0.15, 0.2) is 42.7 Å². The Hall–Kier alpha value is -1.65. The Balaban J connectivity index is 1.64. The topological polar surface area (TPSA) is 50.1 Å². The normalized spacial score (nSPS) is 22.3. The molecule has 21 heavy (non-hydrogen) atoms. The van der Waals surface area contributed by atoms with Gasteiger partial charge in [-0.05, 0) is 42.5 Å². The fourth-order valence-electron chi connectivity index (χ4n) is 3.17. The highest BCUT2D eigenvalue weighted by molar-refractivity contribution is 5.35. The van der Waals surface area contributed by atoms with Crippen molar-refractivity contribution in [2.45, 2.75) is 38.3 Å². The quantitative estimate of drug-likeness (QED) is 0.887. The largest absolute Gasteiger partial charge is 0.396 e. The second kappa shape index (κ2) is 6.87. The fraction of sp³-hybridized carbons (Fsp3) is 0.471. The maximum atomic E-state index is 9.48.